The minimum absolute atomic E-state index is 0.0990. The van der Waals surface area contributed by atoms with E-state index in [1.807, 2.05) is 60.7 Å². The first kappa shape index (κ1) is 26.1. The van der Waals surface area contributed by atoms with E-state index in [2.05, 4.69) is 19.2 Å². The van der Waals surface area contributed by atoms with Crippen molar-refractivity contribution in [1.82, 2.24) is 10.2 Å². The van der Waals surface area contributed by atoms with Crippen molar-refractivity contribution in [2.45, 2.75) is 52.1 Å². The summed E-state index contributed by atoms with van der Waals surface area (Å²) in [5.41, 5.74) is 2.84. The van der Waals surface area contributed by atoms with Gasteiger partial charge in [0.05, 0.1) is 0 Å². The van der Waals surface area contributed by atoms with E-state index in [0.29, 0.717) is 25.3 Å². The Morgan fingerprint density at radius 1 is 0.829 bits per heavy atom. The van der Waals surface area contributed by atoms with E-state index in [9.17, 15) is 14.0 Å². The van der Waals surface area contributed by atoms with Gasteiger partial charge >= 0.3 is 0 Å². The molecule has 1 N–H and O–H groups in total. The van der Waals surface area contributed by atoms with Crippen LogP contribution in [0.5, 0.6) is 0 Å². The average Bonchev–Trinajstić information content (AvgIpc) is 2.86. The Kier molecular flexibility index (Phi) is 10.0. The lowest BCUT2D eigenvalue weighted by atomic mass is 10.0. The molecule has 3 aromatic carbocycles. The summed E-state index contributed by atoms with van der Waals surface area (Å²) in [5, 5.41) is 3.05. The maximum Gasteiger partial charge on any atom is 0.243 e. The number of amides is 2. The number of nitrogens with zero attached hydrogens (tertiary/aromatic N) is 1. The van der Waals surface area contributed by atoms with Crippen molar-refractivity contribution in [3.05, 3.63) is 107 Å². The number of rotatable bonds is 12. The molecule has 4 nitrogen and oxygen atoms in total. The molecule has 3 rings (SSSR count). The number of benzene rings is 3. The number of carbonyl (C=O) groups is 2. The molecule has 1 atom stereocenters. The van der Waals surface area contributed by atoms with Gasteiger partial charge in [-0.2, -0.15) is 0 Å². The number of hydrogen-bond donors (Lipinski definition) is 1. The molecule has 0 aliphatic carbocycles. The topological polar surface area (TPSA) is 49.4 Å². The van der Waals surface area contributed by atoms with Gasteiger partial charge in [0.1, 0.15) is 11.9 Å². The smallest absolute Gasteiger partial charge is 0.243 e. The first-order valence-corrected chi connectivity index (χ1v) is 12.3. The molecule has 184 valence electrons. The molecule has 0 bridgehead atoms. The van der Waals surface area contributed by atoms with Crippen LogP contribution < -0.4 is 5.32 Å². The van der Waals surface area contributed by atoms with Crippen LogP contribution in [-0.2, 0) is 29.0 Å². The molecular formula is C30H35FN2O2. The lowest BCUT2D eigenvalue weighted by Crippen LogP contribution is -2.50. The fourth-order valence-corrected chi connectivity index (χ4v) is 3.98. The Morgan fingerprint density at radius 3 is 2.03 bits per heavy atom. The Hall–Kier alpha value is -3.47. The molecule has 35 heavy (non-hydrogen) atoms. The lowest BCUT2D eigenvalue weighted by molar-refractivity contribution is -0.141. The number of aryl methyl sites for hydroxylation is 1. The van der Waals surface area contributed by atoms with Crippen LogP contribution >= 0.6 is 0 Å². The summed E-state index contributed by atoms with van der Waals surface area (Å²) in [6.45, 7) is 5.02. The molecule has 0 fully saturated rings. The van der Waals surface area contributed by atoms with Crippen LogP contribution in [0.2, 0.25) is 0 Å². The van der Waals surface area contributed by atoms with Crippen molar-refractivity contribution in [3.63, 3.8) is 0 Å². The summed E-state index contributed by atoms with van der Waals surface area (Å²) < 4.78 is 13.5. The monoisotopic (exact) mass is 474 g/mol. The van der Waals surface area contributed by atoms with E-state index in [-0.39, 0.29) is 30.6 Å². The summed E-state index contributed by atoms with van der Waals surface area (Å²) in [6.07, 6.45) is 2.15. The molecule has 0 aliphatic heterocycles. The maximum absolute atomic E-state index is 13.6. The second-order valence-electron chi connectivity index (χ2n) is 9.31. The first-order valence-electron chi connectivity index (χ1n) is 12.3. The summed E-state index contributed by atoms with van der Waals surface area (Å²) in [7, 11) is 0. The highest BCUT2D eigenvalue weighted by atomic mass is 19.1. The third-order valence-corrected chi connectivity index (χ3v) is 6.03. The molecule has 0 aromatic heterocycles. The average molecular weight is 475 g/mol. The van der Waals surface area contributed by atoms with E-state index in [1.54, 1.807) is 17.0 Å². The molecule has 2 amide bonds. The quantitative estimate of drug-likeness (QED) is 0.374. The van der Waals surface area contributed by atoms with Crippen LogP contribution in [0.25, 0.3) is 0 Å². The van der Waals surface area contributed by atoms with Gasteiger partial charge in [0, 0.05) is 25.9 Å². The standard InChI is InChI=1S/C30H35FN2O2/c1-23(2)19-20-32-30(35)28(21-25-11-7-4-8-12-25)33(22-26-13-16-27(31)17-14-26)29(34)18-15-24-9-5-3-6-10-24/h3-14,16-17,23,28H,15,18-22H2,1-2H3,(H,32,35). The normalized spacial score (nSPS) is 11.8. The molecule has 0 saturated carbocycles. The predicted octanol–water partition coefficient (Wildman–Crippen LogP) is 5.56. The highest BCUT2D eigenvalue weighted by molar-refractivity contribution is 5.88. The van der Waals surface area contributed by atoms with Crippen LogP contribution in [0, 0.1) is 11.7 Å². The number of nitrogens with one attached hydrogen (secondary N) is 1. The summed E-state index contributed by atoms with van der Waals surface area (Å²) in [6, 6.07) is 25.0. The van der Waals surface area contributed by atoms with Crippen molar-refractivity contribution in [3.8, 4) is 0 Å². The van der Waals surface area contributed by atoms with Gasteiger partial charge in [-0.3, -0.25) is 9.59 Å². The Labute approximate surface area is 208 Å². The molecule has 5 heteroatoms. The molecule has 0 saturated heterocycles. The minimum atomic E-state index is -0.669. The number of halogens is 1. The molecule has 3 aromatic rings. The zero-order valence-corrected chi connectivity index (χ0v) is 20.6. The molecule has 0 spiro atoms. The fraction of sp³-hybridized carbons (Fsp3) is 0.333. The molecule has 1 unspecified atom stereocenters. The lowest BCUT2D eigenvalue weighted by Gasteiger charge is -2.32. The highest BCUT2D eigenvalue weighted by Gasteiger charge is 2.30. The highest BCUT2D eigenvalue weighted by Crippen LogP contribution is 2.17. The predicted molar refractivity (Wildman–Crippen MR) is 138 cm³/mol. The van der Waals surface area contributed by atoms with E-state index >= 15 is 0 Å². The zero-order chi connectivity index (χ0) is 25.0. The summed E-state index contributed by atoms with van der Waals surface area (Å²) >= 11 is 0. The molecule has 0 aliphatic rings. The van der Waals surface area contributed by atoms with Crippen LogP contribution in [0.4, 0.5) is 4.39 Å². The summed E-state index contributed by atoms with van der Waals surface area (Å²) in [5.74, 6) is -0.128. The Morgan fingerprint density at radius 2 is 1.43 bits per heavy atom. The zero-order valence-electron chi connectivity index (χ0n) is 20.6. The van der Waals surface area contributed by atoms with Crippen molar-refractivity contribution >= 4 is 11.8 Å². The largest absolute Gasteiger partial charge is 0.354 e. The van der Waals surface area contributed by atoms with E-state index < -0.39 is 6.04 Å². The van der Waals surface area contributed by atoms with Gasteiger partial charge in [0.15, 0.2) is 0 Å². The van der Waals surface area contributed by atoms with Gasteiger partial charge in [0.25, 0.3) is 0 Å². The van der Waals surface area contributed by atoms with Gasteiger partial charge < -0.3 is 10.2 Å². The van der Waals surface area contributed by atoms with Gasteiger partial charge in [0.2, 0.25) is 11.8 Å². The van der Waals surface area contributed by atoms with Crippen LogP contribution in [-0.4, -0.2) is 29.3 Å². The van der Waals surface area contributed by atoms with Crippen molar-refractivity contribution in [2.24, 2.45) is 5.92 Å². The van der Waals surface area contributed by atoms with Crippen LogP contribution in [0.15, 0.2) is 84.9 Å². The third-order valence-electron chi connectivity index (χ3n) is 6.03. The van der Waals surface area contributed by atoms with E-state index in [0.717, 1.165) is 23.1 Å². The second kappa shape index (κ2) is 13.4. The SMILES string of the molecule is CC(C)CCNC(=O)C(Cc1ccccc1)N(Cc1ccc(F)cc1)C(=O)CCc1ccccc1. The van der Waals surface area contributed by atoms with Crippen molar-refractivity contribution in [2.75, 3.05) is 6.54 Å². The van der Waals surface area contributed by atoms with Crippen LogP contribution in [0.3, 0.4) is 0 Å². The molecular weight excluding hydrogens is 439 g/mol. The van der Waals surface area contributed by atoms with Gasteiger partial charge in [-0.05, 0) is 47.6 Å². The van der Waals surface area contributed by atoms with Gasteiger partial charge in [-0.15, -0.1) is 0 Å². The molecule has 0 radical (unpaired) electrons. The second-order valence-corrected chi connectivity index (χ2v) is 9.31. The van der Waals surface area contributed by atoms with E-state index in [4.69, 9.17) is 0 Å². The summed E-state index contributed by atoms with van der Waals surface area (Å²) in [4.78, 5) is 28.7. The fourth-order valence-electron chi connectivity index (χ4n) is 3.98. The minimum Gasteiger partial charge on any atom is -0.354 e. The number of carbonyl (C=O) groups excluding carboxylic acids is 2. The molecule has 0 heterocycles. The Balaban J connectivity index is 1.86. The van der Waals surface area contributed by atoms with Crippen LogP contribution in [0.1, 0.15) is 43.4 Å². The van der Waals surface area contributed by atoms with Crippen molar-refractivity contribution in [1.29, 1.82) is 0 Å². The first-order chi connectivity index (χ1) is 16.9. The Bertz CT molecular complexity index is 1050. The maximum atomic E-state index is 13.6. The van der Waals surface area contributed by atoms with Crippen molar-refractivity contribution < 1.29 is 14.0 Å². The third kappa shape index (κ3) is 8.67. The van der Waals surface area contributed by atoms with Gasteiger partial charge in [-0.1, -0.05) is 86.6 Å². The number of hydrogen-bond acceptors (Lipinski definition) is 2. The van der Waals surface area contributed by atoms with E-state index in [1.165, 1.54) is 12.1 Å². The van der Waals surface area contributed by atoms with Gasteiger partial charge in [-0.25, -0.2) is 4.39 Å².